The summed E-state index contributed by atoms with van der Waals surface area (Å²) >= 11 is 0. The lowest BCUT2D eigenvalue weighted by atomic mass is 10.1. The van der Waals surface area contributed by atoms with Gasteiger partial charge in [-0.15, -0.1) is 0 Å². The van der Waals surface area contributed by atoms with E-state index >= 15 is 0 Å². The molecule has 1 aliphatic heterocycles. The van der Waals surface area contributed by atoms with E-state index in [4.69, 9.17) is 9.15 Å². The first-order valence-electron chi connectivity index (χ1n) is 9.55. The predicted molar refractivity (Wildman–Crippen MR) is 100 cm³/mol. The number of likely N-dealkylation sites (tertiary alicyclic amines) is 1. The molecule has 1 saturated carbocycles. The Labute approximate surface area is 158 Å². The van der Waals surface area contributed by atoms with Crippen LogP contribution in [0.15, 0.2) is 47.1 Å². The lowest BCUT2D eigenvalue weighted by Crippen LogP contribution is -2.27. The first kappa shape index (κ1) is 17.6. The molecule has 2 fully saturated rings. The predicted octanol–water partition coefficient (Wildman–Crippen LogP) is 3.59. The molecule has 2 aromatic rings. The minimum atomic E-state index is -0.345. The van der Waals surface area contributed by atoms with Crippen molar-refractivity contribution in [2.45, 2.75) is 44.8 Å². The van der Waals surface area contributed by atoms with Crippen molar-refractivity contribution in [1.82, 2.24) is 4.90 Å². The third kappa shape index (κ3) is 4.32. The molecule has 2 amide bonds. The summed E-state index contributed by atoms with van der Waals surface area (Å²) in [7, 11) is 0. The molecule has 0 unspecified atom stereocenters. The van der Waals surface area contributed by atoms with E-state index in [-0.39, 0.29) is 24.2 Å². The quantitative estimate of drug-likeness (QED) is 0.846. The van der Waals surface area contributed by atoms with Gasteiger partial charge in [0.05, 0.1) is 24.8 Å². The molecule has 0 spiro atoms. The van der Waals surface area contributed by atoms with Crippen molar-refractivity contribution in [3.8, 4) is 5.75 Å². The van der Waals surface area contributed by atoms with Crippen molar-refractivity contribution in [2.75, 3.05) is 11.9 Å². The zero-order valence-electron chi connectivity index (χ0n) is 15.2. The lowest BCUT2D eigenvalue weighted by Gasteiger charge is -2.15. The second kappa shape index (κ2) is 7.86. The van der Waals surface area contributed by atoms with Crippen LogP contribution < -0.4 is 10.1 Å². The summed E-state index contributed by atoms with van der Waals surface area (Å²) in [5.74, 6) is 1.06. The lowest BCUT2D eigenvalue weighted by molar-refractivity contribution is -0.128. The van der Waals surface area contributed by atoms with Crippen LogP contribution >= 0.6 is 0 Å². The summed E-state index contributed by atoms with van der Waals surface area (Å²) in [6.07, 6.45) is 6.82. The first-order chi connectivity index (χ1) is 13.2. The molecule has 0 bridgehead atoms. The van der Waals surface area contributed by atoms with E-state index in [1.165, 1.54) is 12.8 Å². The van der Waals surface area contributed by atoms with Crippen LogP contribution in [0.5, 0.6) is 5.75 Å². The van der Waals surface area contributed by atoms with E-state index in [1.54, 1.807) is 17.2 Å². The summed E-state index contributed by atoms with van der Waals surface area (Å²) in [5.41, 5.74) is 0.718. The maximum Gasteiger partial charge on any atom is 0.229 e. The molecule has 1 saturated heterocycles. The number of furan rings is 1. The van der Waals surface area contributed by atoms with Crippen LogP contribution in [-0.2, 0) is 16.1 Å². The number of nitrogens with one attached hydrogen (secondary N) is 1. The van der Waals surface area contributed by atoms with Crippen molar-refractivity contribution in [2.24, 2.45) is 5.92 Å². The Morgan fingerprint density at radius 2 is 1.96 bits per heavy atom. The number of nitrogens with zero attached hydrogens (tertiary/aromatic N) is 1. The van der Waals surface area contributed by atoms with Gasteiger partial charge in [-0.3, -0.25) is 9.59 Å². The fourth-order valence-corrected chi connectivity index (χ4v) is 3.75. The van der Waals surface area contributed by atoms with Gasteiger partial charge < -0.3 is 19.4 Å². The highest BCUT2D eigenvalue weighted by Crippen LogP contribution is 2.26. The molecule has 1 N–H and O–H groups in total. The van der Waals surface area contributed by atoms with Gasteiger partial charge in [0.15, 0.2) is 0 Å². The molecule has 142 valence electrons. The minimum absolute atomic E-state index is 0.0214. The van der Waals surface area contributed by atoms with Gasteiger partial charge in [-0.2, -0.15) is 0 Å². The van der Waals surface area contributed by atoms with E-state index in [0.29, 0.717) is 19.2 Å². The molecule has 2 aliphatic rings. The summed E-state index contributed by atoms with van der Waals surface area (Å²) in [6, 6.07) is 11.1. The van der Waals surface area contributed by atoms with E-state index in [9.17, 15) is 9.59 Å². The van der Waals surface area contributed by atoms with Gasteiger partial charge in [0.2, 0.25) is 11.8 Å². The van der Waals surface area contributed by atoms with E-state index in [1.807, 2.05) is 30.3 Å². The highest BCUT2D eigenvalue weighted by molar-refractivity contribution is 5.97. The Kier molecular flexibility index (Phi) is 5.14. The molecule has 1 aromatic carbocycles. The van der Waals surface area contributed by atoms with Crippen LogP contribution in [-0.4, -0.2) is 29.4 Å². The van der Waals surface area contributed by atoms with Crippen LogP contribution in [0.2, 0.25) is 0 Å². The summed E-state index contributed by atoms with van der Waals surface area (Å²) in [6.45, 7) is 0.817. The number of anilines is 1. The average molecular weight is 368 g/mol. The Morgan fingerprint density at radius 1 is 1.19 bits per heavy atom. The van der Waals surface area contributed by atoms with E-state index < -0.39 is 0 Å². The Balaban J connectivity index is 1.30. The number of ether oxygens (including phenoxy) is 1. The second-order valence-corrected chi connectivity index (χ2v) is 7.29. The highest BCUT2D eigenvalue weighted by Gasteiger charge is 2.34. The summed E-state index contributed by atoms with van der Waals surface area (Å²) < 4.78 is 11.2. The highest BCUT2D eigenvalue weighted by atomic mass is 16.5. The number of carbonyl (C=O) groups is 2. The monoisotopic (exact) mass is 368 g/mol. The van der Waals surface area contributed by atoms with Gasteiger partial charge in [-0.25, -0.2) is 0 Å². The van der Waals surface area contributed by atoms with Gasteiger partial charge >= 0.3 is 0 Å². The normalized spacial score (nSPS) is 20.2. The van der Waals surface area contributed by atoms with Crippen LogP contribution in [0.3, 0.4) is 0 Å². The van der Waals surface area contributed by atoms with Crippen molar-refractivity contribution in [3.05, 3.63) is 48.4 Å². The molecule has 6 nitrogen and oxygen atoms in total. The van der Waals surface area contributed by atoms with Gasteiger partial charge in [-0.05, 0) is 62.1 Å². The average Bonchev–Trinajstić information content (AvgIpc) is 3.41. The van der Waals surface area contributed by atoms with Gasteiger partial charge in [-0.1, -0.05) is 0 Å². The van der Waals surface area contributed by atoms with Crippen molar-refractivity contribution in [3.63, 3.8) is 0 Å². The molecule has 1 aliphatic carbocycles. The number of amides is 2. The van der Waals surface area contributed by atoms with Crippen LogP contribution in [0.1, 0.15) is 37.9 Å². The molecular formula is C21H24N2O4. The molecule has 0 radical (unpaired) electrons. The Hall–Kier alpha value is -2.76. The molecule has 4 rings (SSSR count). The number of benzene rings is 1. The molecular weight excluding hydrogens is 344 g/mol. The largest absolute Gasteiger partial charge is 0.490 e. The molecule has 1 aromatic heterocycles. The van der Waals surface area contributed by atoms with E-state index in [0.717, 1.165) is 30.0 Å². The fraction of sp³-hybridized carbons (Fsp3) is 0.429. The van der Waals surface area contributed by atoms with Crippen LogP contribution in [0.25, 0.3) is 0 Å². The first-order valence-corrected chi connectivity index (χ1v) is 9.55. The molecule has 27 heavy (non-hydrogen) atoms. The SMILES string of the molecule is O=C(Nc1ccc(OC2CCCC2)cc1)[C@@H]1CC(=O)N(Cc2ccco2)C1. The van der Waals surface area contributed by atoms with Gasteiger partial charge in [0.25, 0.3) is 0 Å². The van der Waals surface area contributed by atoms with E-state index in [2.05, 4.69) is 5.32 Å². The number of hydrogen-bond acceptors (Lipinski definition) is 4. The maximum atomic E-state index is 12.5. The Bertz CT molecular complexity index is 779. The van der Waals surface area contributed by atoms with Crippen molar-refractivity contribution >= 4 is 17.5 Å². The number of rotatable bonds is 6. The minimum Gasteiger partial charge on any atom is -0.490 e. The molecule has 1 atom stereocenters. The molecule has 6 heteroatoms. The summed E-state index contributed by atoms with van der Waals surface area (Å²) in [5, 5.41) is 2.91. The van der Waals surface area contributed by atoms with Crippen molar-refractivity contribution < 1.29 is 18.7 Å². The third-order valence-corrected chi connectivity index (χ3v) is 5.24. The zero-order valence-corrected chi connectivity index (χ0v) is 15.2. The van der Waals surface area contributed by atoms with Crippen molar-refractivity contribution in [1.29, 1.82) is 0 Å². The zero-order chi connectivity index (χ0) is 18.6. The number of carbonyl (C=O) groups excluding carboxylic acids is 2. The smallest absolute Gasteiger partial charge is 0.229 e. The number of hydrogen-bond donors (Lipinski definition) is 1. The second-order valence-electron chi connectivity index (χ2n) is 7.29. The van der Waals surface area contributed by atoms with Crippen LogP contribution in [0, 0.1) is 5.92 Å². The fourth-order valence-electron chi connectivity index (χ4n) is 3.75. The topological polar surface area (TPSA) is 71.8 Å². The third-order valence-electron chi connectivity index (χ3n) is 5.24. The maximum absolute atomic E-state index is 12.5. The van der Waals surface area contributed by atoms with Crippen LogP contribution in [0.4, 0.5) is 5.69 Å². The molecule has 2 heterocycles. The summed E-state index contributed by atoms with van der Waals surface area (Å²) in [4.78, 5) is 26.4. The Morgan fingerprint density at radius 3 is 2.67 bits per heavy atom. The van der Waals surface area contributed by atoms with Gasteiger partial charge in [0, 0.05) is 18.7 Å². The van der Waals surface area contributed by atoms with Gasteiger partial charge in [0.1, 0.15) is 11.5 Å². The standard InChI is InChI=1S/C21H24N2O4/c24-20-12-15(13-23(20)14-19-6-3-11-26-19)21(25)22-16-7-9-18(10-8-16)27-17-4-1-2-5-17/h3,6-11,15,17H,1-2,4-5,12-14H2,(H,22,25)/t15-/m1/s1.